The van der Waals surface area contributed by atoms with E-state index >= 15 is 0 Å². The zero-order valence-electron chi connectivity index (χ0n) is 11.4. The third-order valence-electron chi connectivity index (χ3n) is 3.21. The molecule has 2 aromatic carbocycles. The van der Waals surface area contributed by atoms with Gasteiger partial charge in [0.2, 0.25) is 0 Å². The highest BCUT2D eigenvalue weighted by molar-refractivity contribution is 5.30. The molecule has 0 heterocycles. The van der Waals surface area contributed by atoms with Crippen molar-refractivity contribution in [1.29, 1.82) is 0 Å². The van der Waals surface area contributed by atoms with E-state index in [1.165, 1.54) is 12.1 Å². The van der Waals surface area contributed by atoms with Gasteiger partial charge in [0.25, 0.3) is 0 Å². The van der Waals surface area contributed by atoms with Gasteiger partial charge in [-0.3, -0.25) is 0 Å². The van der Waals surface area contributed by atoms with E-state index in [1.54, 1.807) is 19.2 Å². The summed E-state index contributed by atoms with van der Waals surface area (Å²) >= 11 is 0. The maximum Gasteiger partial charge on any atom is 0.416 e. The number of aliphatic hydroxyl groups is 1. The second-order valence-corrected chi connectivity index (χ2v) is 4.69. The molecule has 2 aromatic rings. The summed E-state index contributed by atoms with van der Waals surface area (Å²) in [6.45, 7) is 0. The average Bonchev–Trinajstić information content (AvgIpc) is 2.47. The molecule has 0 aromatic heterocycles. The van der Waals surface area contributed by atoms with E-state index < -0.39 is 17.8 Å². The van der Waals surface area contributed by atoms with Gasteiger partial charge in [0, 0.05) is 6.42 Å². The van der Waals surface area contributed by atoms with Gasteiger partial charge in [-0.05, 0) is 35.4 Å². The van der Waals surface area contributed by atoms with E-state index in [4.69, 9.17) is 4.74 Å². The van der Waals surface area contributed by atoms with Crippen LogP contribution in [0.15, 0.2) is 48.5 Å². The number of alkyl halides is 3. The first-order valence-corrected chi connectivity index (χ1v) is 6.38. The predicted molar refractivity (Wildman–Crippen MR) is 73.1 cm³/mol. The number of rotatable bonds is 4. The van der Waals surface area contributed by atoms with Crippen molar-refractivity contribution in [2.24, 2.45) is 0 Å². The van der Waals surface area contributed by atoms with Crippen molar-refractivity contribution in [2.45, 2.75) is 18.7 Å². The molecule has 5 heteroatoms. The molecule has 1 unspecified atom stereocenters. The number of ether oxygens (including phenoxy) is 1. The summed E-state index contributed by atoms with van der Waals surface area (Å²) in [6, 6.07) is 11.7. The second-order valence-electron chi connectivity index (χ2n) is 4.69. The standard InChI is InChI=1S/C16H15F3O2/c1-21-14-8-2-11(3-9-14)10-15(20)12-4-6-13(7-5-12)16(17,18)19/h2-9,15,20H,10H2,1H3. The van der Waals surface area contributed by atoms with Crippen molar-refractivity contribution in [2.75, 3.05) is 7.11 Å². The van der Waals surface area contributed by atoms with Crippen LogP contribution in [0.4, 0.5) is 13.2 Å². The quantitative estimate of drug-likeness (QED) is 0.924. The lowest BCUT2D eigenvalue weighted by Gasteiger charge is -2.13. The van der Waals surface area contributed by atoms with E-state index in [0.29, 0.717) is 17.7 Å². The van der Waals surface area contributed by atoms with Crippen LogP contribution in [0, 0.1) is 0 Å². The van der Waals surface area contributed by atoms with Crippen molar-refractivity contribution >= 4 is 0 Å². The van der Waals surface area contributed by atoms with Gasteiger partial charge in [-0.15, -0.1) is 0 Å². The van der Waals surface area contributed by atoms with E-state index in [0.717, 1.165) is 17.7 Å². The molecule has 0 bridgehead atoms. The Morgan fingerprint density at radius 2 is 1.57 bits per heavy atom. The molecule has 0 saturated carbocycles. The lowest BCUT2D eigenvalue weighted by Crippen LogP contribution is -2.06. The number of hydrogen-bond donors (Lipinski definition) is 1. The lowest BCUT2D eigenvalue weighted by molar-refractivity contribution is -0.137. The molecule has 0 saturated heterocycles. The number of methoxy groups -OCH3 is 1. The Balaban J connectivity index is 2.07. The summed E-state index contributed by atoms with van der Waals surface area (Å²) in [5, 5.41) is 10.1. The first kappa shape index (κ1) is 15.4. The van der Waals surface area contributed by atoms with Gasteiger partial charge in [-0.1, -0.05) is 24.3 Å². The fraction of sp³-hybridized carbons (Fsp3) is 0.250. The van der Waals surface area contributed by atoms with Crippen molar-refractivity contribution in [3.05, 3.63) is 65.2 Å². The van der Waals surface area contributed by atoms with E-state index in [2.05, 4.69) is 0 Å². The highest BCUT2D eigenvalue weighted by Crippen LogP contribution is 2.30. The van der Waals surface area contributed by atoms with E-state index in [-0.39, 0.29) is 0 Å². The number of benzene rings is 2. The summed E-state index contributed by atoms with van der Waals surface area (Å²) in [7, 11) is 1.56. The fourth-order valence-corrected chi connectivity index (χ4v) is 2.00. The predicted octanol–water partition coefficient (Wildman–Crippen LogP) is 3.99. The van der Waals surface area contributed by atoms with Crippen molar-refractivity contribution in [3.8, 4) is 5.75 Å². The van der Waals surface area contributed by atoms with Crippen molar-refractivity contribution in [1.82, 2.24) is 0 Å². The topological polar surface area (TPSA) is 29.5 Å². The molecule has 0 fully saturated rings. The van der Waals surface area contributed by atoms with E-state index in [1.807, 2.05) is 12.1 Å². The SMILES string of the molecule is COc1ccc(CC(O)c2ccc(C(F)(F)F)cc2)cc1. The summed E-state index contributed by atoms with van der Waals surface area (Å²) in [5.74, 6) is 0.711. The zero-order valence-corrected chi connectivity index (χ0v) is 11.4. The molecule has 112 valence electrons. The maximum atomic E-state index is 12.5. The van der Waals surface area contributed by atoms with Crippen LogP contribution in [-0.2, 0) is 12.6 Å². The van der Waals surface area contributed by atoms with Crippen LogP contribution in [0.2, 0.25) is 0 Å². The Hall–Kier alpha value is -2.01. The Kier molecular flexibility index (Phi) is 4.53. The van der Waals surface area contributed by atoms with Gasteiger partial charge in [0.1, 0.15) is 5.75 Å². The van der Waals surface area contributed by atoms with Gasteiger partial charge >= 0.3 is 6.18 Å². The summed E-state index contributed by atoms with van der Waals surface area (Å²) < 4.78 is 42.4. The normalized spacial score (nSPS) is 13.0. The monoisotopic (exact) mass is 296 g/mol. The first-order chi connectivity index (χ1) is 9.90. The van der Waals surface area contributed by atoms with Crippen LogP contribution in [0.5, 0.6) is 5.75 Å². The Morgan fingerprint density at radius 3 is 2.05 bits per heavy atom. The first-order valence-electron chi connectivity index (χ1n) is 6.38. The largest absolute Gasteiger partial charge is 0.497 e. The summed E-state index contributed by atoms with van der Waals surface area (Å²) in [5.41, 5.74) is 0.616. The number of hydrogen-bond acceptors (Lipinski definition) is 2. The minimum absolute atomic E-state index is 0.329. The third-order valence-corrected chi connectivity index (χ3v) is 3.21. The van der Waals surface area contributed by atoms with Crippen LogP contribution < -0.4 is 4.74 Å². The molecule has 21 heavy (non-hydrogen) atoms. The molecular formula is C16H15F3O2. The third kappa shape index (κ3) is 3.98. The molecule has 1 N–H and O–H groups in total. The minimum Gasteiger partial charge on any atom is -0.497 e. The molecule has 0 aliphatic heterocycles. The summed E-state index contributed by atoms with van der Waals surface area (Å²) in [4.78, 5) is 0. The van der Waals surface area contributed by atoms with Gasteiger partial charge in [-0.2, -0.15) is 13.2 Å². The molecular weight excluding hydrogens is 281 g/mol. The maximum absolute atomic E-state index is 12.5. The Morgan fingerprint density at radius 1 is 1.00 bits per heavy atom. The highest BCUT2D eigenvalue weighted by atomic mass is 19.4. The molecule has 0 amide bonds. The minimum atomic E-state index is -4.36. The van der Waals surface area contributed by atoms with E-state index in [9.17, 15) is 18.3 Å². The number of aliphatic hydroxyl groups excluding tert-OH is 1. The molecule has 2 nitrogen and oxygen atoms in total. The highest BCUT2D eigenvalue weighted by Gasteiger charge is 2.30. The van der Waals surface area contributed by atoms with Crippen LogP contribution in [-0.4, -0.2) is 12.2 Å². The van der Waals surface area contributed by atoms with Crippen LogP contribution in [0.1, 0.15) is 22.8 Å². The van der Waals surface area contributed by atoms with Gasteiger partial charge < -0.3 is 9.84 Å². The molecule has 0 aliphatic rings. The van der Waals surface area contributed by atoms with Crippen LogP contribution >= 0.6 is 0 Å². The van der Waals surface area contributed by atoms with Crippen LogP contribution in [0.3, 0.4) is 0 Å². The molecule has 1 atom stereocenters. The zero-order chi connectivity index (χ0) is 15.5. The fourth-order valence-electron chi connectivity index (χ4n) is 2.00. The lowest BCUT2D eigenvalue weighted by atomic mass is 10.0. The summed E-state index contributed by atoms with van der Waals surface area (Å²) in [6.07, 6.45) is -4.88. The van der Waals surface area contributed by atoms with Gasteiger partial charge in [-0.25, -0.2) is 0 Å². The molecule has 2 rings (SSSR count). The Bertz CT molecular complexity index is 574. The molecule has 0 spiro atoms. The van der Waals surface area contributed by atoms with Crippen LogP contribution in [0.25, 0.3) is 0 Å². The molecule has 0 aliphatic carbocycles. The molecule has 0 radical (unpaired) electrons. The Labute approximate surface area is 120 Å². The average molecular weight is 296 g/mol. The van der Waals surface area contributed by atoms with Crippen molar-refractivity contribution < 1.29 is 23.0 Å². The smallest absolute Gasteiger partial charge is 0.416 e. The van der Waals surface area contributed by atoms with Gasteiger partial charge in [0.15, 0.2) is 0 Å². The second kappa shape index (κ2) is 6.18. The van der Waals surface area contributed by atoms with Gasteiger partial charge in [0.05, 0.1) is 18.8 Å². The number of halogens is 3. The van der Waals surface area contributed by atoms with Crippen molar-refractivity contribution in [3.63, 3.8) is 0 Å².